The van der Waals surface area contributed by atoms with Gasteiger partial charge < -0.3 is 11.1 Å². The number of benzene rings is 3. The fourth-order valence-electron chi connectivity index (χ4n) is 3.22. The van der Waals surface area contributed by atoms with Gasteiger partial charge in [0.05, 0.1) is 5.54 Å². The Hall–Kier alpha value is -2.84. The molecule has 0 unspecified atom stereocenters. The number of hydrogen-bond donors (Lipinski definition) is 2. The van der Waals surface area contributed by atoms with Gasteiger partial charge in [-0.25, -0.2) is 0 Å². The Morgan fingerprint density at radius 1 is 0.793 bits per heavy atom. The van der Waals surface area contributed by atoms with Crippen molar-refractivity contribution >= 4 is 5.69 Å². The van der Waals surface area contributed by atoms with Gasteiger partial charge in [0.1, 0.15) is 0 Å². The Balaban J connectivity index is 1.63. The third-order valence-corrected chi connectivity index (χ3v) is 5.73. The summed E-state index contributed by atoms with van der Waals surface area (Å²) in [5, 5.41) is 3.34. The molecule has 0 spiro atoms. The summed E-state index contributed by atoms with van der Waals surface area (Å²) in [6.45, 7) is 10.3. The van der Waals surface area contributed by atoms with E-state index in [9.17, 15) is 0 Å². The summed E-state index contributed by atoms with van der Waals surface area (Å²) >= 11 is 0. The van der Waals surface area contributed by atoms with Crippen LogP contribution in [-0.2, 0) is 12.8 Å². The second-order valence-electron chi connectivity index (χ2n) is 8.00. The van der Waals surface area contributed by atoms with Crippen LogP contribution in [0.1, 0.15) is 43.9 Å². The van der Waals surface area contributed by atoms with Gasteiger partial charge in [0, 0.05) is 11.4 Å². The van der Waals surface area contributed by atoms with Crippen LogP contribution in [-0.4, -0.2) is 5.54 Å². The van der Waals surface area contributed by atoms with Gasteiger partial charge in [-0.15, -0.1) is 0 Å². The largest absolute Gasteiger partial charge is 0.358 e. The van der Waals surface area contributed by atoms with Gasteiger partial charge in [-0.2, -0.15) is 0 Å². The van der Waals surface area contributed by atoms with Crippen molar-refractivity contribution in [2.45, 2.75) is 45.6 Å². The molecule has 0 saturated carbocycles. The van der Waals surface area contributed by atoms with E-state index in [1.54, 1.807) is 0 Å². The predicted molar refractivity (Wildman–Crippen MR) is 126 cm³/mol. The normalized spacial score (nSPS) is 13.0. The fourth-order valence-corrected chi connectivity index (χ4v) is 3.22. The SMILES string of the molecule is C=C(Nc1ccc(Cc2ccc(-c3ccc(CC)cc3)cc2)cc1)[C@@](C)(N)CC. The number of hydrogen-bond acceptors (Lipinski definition) is 2. The number of nitrogens with two attached hydrogens (primary N) is 1. The Bertz CT molecular complexity index is 933. The molecule has 150 valence electrons. The highest BCUT2D eigenvalue weighted by atomic mass is 15.0. The van der Waals surface area contributed by atoms with E-state index in [-0.39, 0.29) is 0 Å². The number of aryl methyl sites for hydroxylation is 1. The van der Waals surface area contributed by atoms with Gasteiger partial charge in [-0.05, 0) is 66.1 Å². The second kappa shape index (κ2) is 9.11. The molecule has 0 heterocycles. The van der Waals surface area contributed by atoms with Crippen molar-refractivity contribution in [2.24, 2.45) is 5.73 Å². The van der Waals surface area contributed by atoms with Crippen molar-refractivity contribution in [2.75, 3.05) is 5.32 Å². The molecule has 1 atom stereocenters. The number of anilines is 1. The molecule has 0 aliphatic carbocycles. The van der Waals surface area contributed by atoms with Gasteiger partial charge in [-0.3, -0.25) is 0 Å². The van der Waals surface area contributed by atoms with E-state index in [1.165, 1.54) is 27.8 Å². The zero-order chi connectivity index (χ0) is 20.9. The van der Waals surface area contributed by atoms with Gasteiger partial charge in [-0.1, -0.05) is 81.1 Å². The Morgan fingerprint density at radius 2 is 1.24 bits per heavy atom. The van der Waals surface area contributed by atoms with Crippen molar-refractivity contribution in [1.29, 1.82) is 0 Å². The van der Waals surface area contributed by atoms with E-state index in [1.807, 2.05) is 6.92 Å². The molecule has 0 aliphatic rings. The van der Waals surface area contributed by atoms with Crippen LogP contribution in [0.5, 0.6) is 0 Å². The molecule has 0 aromatic heterocycles. The third-order valence-electron chi connectivity index (χ3n) is 5.73. The highest BCUT2D eigenvalue weighted by Gasteiger charge is 2.19. The van der Waals surface area contributed by atoms with E-state index in [4.69, 9.17) is 5.73 Å². The number of rotatable bonds is 8. The van der Waals surface area contributed by atoms with Crippen molar-refractivity contribution in [1.82, 2.24) is 0 Å². The van der Waals surface area contributed by atoms with Crippen LogP contribution in [0.15, 0.2) is 85.1 Å². The first-order valence-electron chi connectivity index (χ1n) is 10.4. The van der Waals surface area contributed by atoms with E-state index < -0.39 is 5.54 Å². The van der Waals surface area contributed by atoms with Crippen molar-refractivity contribution in [3.63, 3.8) is 0 Å². The van der Waals surface area contributed by atoms with E-state index in [0.29, 0.717) is 0 Å². The van der Waals surface area contributed by atoms with Gasteiger partial charge >= 0.3 is 0 Å². The minimum absolute atomic E-state index is 0.405. The maximum atomic E-state index is 6.25. The molecule has 0 amide bonds. The van der Waals surface area contributed by atoms with Crippen molar-refractivity contribution in [3.8, 4) is 11.1 Å². The lowest BCUT2D eigenvalue weighted by Crippen LogP contribution is -2.39. The summed E-state index contributed by atoms with van der Waals surface area (Å²) in [5.41, 5.74) is 14.2. The predicted octanol–water partition coefficient (Wildman–Crippen LogP) is 6.56. The third kappa shape index (κ3) is 5.36. The molecule has 0 radical (unpaired) electrons. The average Bonchev–Trinajstić information content (AvgIpc) is 2.75. The summed E-state index contributed by atoms with van der Waals surface area (Å²) in [6, 6.07) is 26.2. The molecular formula is C27H32N2. The summed E-state index contributed by atoms with van der Waals surface area (Å²) in [6.07, 6.45) is 2.83. The van der Waals surface area contributed by atoms with Crippen LogP contribution < -0.4 is 11.1 Å². The minimum atomic E-state index is -0.405. The molecule has 0 fully saturated rings. The smallest absolute Gasteiger partial charge is 0.0524 e. The Kier molecular flexibility index (Phi) is 6.56. The average molecular weight is 385 g/mol. The first kappa shape index (κ1) is 20.9. The lowest BCUT2D eigenvalue weighted by Gasteiger charge is -2.26. The maximum absolute atomic E-state index is 6.25. The molecule has 2 heteroatoms. The second-order valence-corrected chi connectivity index (χ2v) is 8.00. The molecule has 3 rings (SSSR count). The van der Waals surface area contributed by atoms with Crippen molar-refractivity contribution in [3.05, 3.63) is 102 Å². The first-order valence-corrected chi connectivity index (χ1v) is 10.4. The first-order chi connectivity index (χ1) is 13.9. The topological polar surface area (TPSA) is 38.0 Å². The lowest BCUT2D eigenvalue weighted by molar-refractivity contribution is 0.535. The molecule has 29 heavy (non-hydrogen) atoms. The molecule has 2 nitrogen and oxygen atoms in total. The number of nitrogens with one attached hydrogen (secondary N) is 1. The summed E-state index contributed by atoms with van der Waals surface area (Å²) in [7, 11) is 0. The summed E-state index contributed by atoms with van der Waals surface area (Å²) < 4.78 is 0. The lowest BCUT2D eigenvalue weighted by atomic mass is 9.96. The zero-order valence-corrected chi connectivity index (χ0v) is 17.8. The van der Waals surface area contributed by atoms with E-state index in [0.717, 1.165) is 30.6 Å². The quantitative estimate of drug-likeness (QED) is 0.461. The van der Waals surface area contributed by atoms with Crippen LogP contribution in [0.25, 0.3) is 11.1 Å². The molecule has 3 aromatic carbocycles. The van der Waals surface area contributed by atoms with E-state index in [2.05, 4.69) is 98.5 Å². The van der Waals surface area contributed by atoms with Crippen LogP contribution in [0.2, 0.25) is 0 Å². The van der Waals surface area contributed by atoms with Crippen LogP contribution in [0.4, 0.5) is 5.69 Å². The van der Waals surface area contributed by atoms with Gasteiger partial charge in [0.15, 0.2) is 0 Å². The standard InChI is InChI=1S/C27H32N2/c1-5-21-7-13-24(14-8-21)25-15-9-22(10-16-25)19-23-11-17-26(18-12-23)29-20(3)27(4,28)6-2/h7-18,29H,3,5-6,19,28H2,1-2,4H3/t27-/m0/s1. The molecule has 0 bridgehead atoms. The molecule has 0 saturated heterocycles. The highest BCUT2D eigenvalue weighted by molar-refractivity contribution is 5.64. The van der Waals surface area contributed by atoms with Crippen molar-refractivity contribution < 1.29 is 0 Å². The fraction of sp³-hybridized carbons (Fsp3) is 0.259. The summed E-state index contributed by atoms with van der Waals surface area (Å²) in [5.74, 6) is 0. The Labute approximate surface area is 175 Å². The Morgan fingerprint density at radius 3 is 1.69 bits per heavy atom. The zero-order valence-electron chi connectivity index (χ0n) is 17.8. The van der Waals surface area contributed by atoms with E-state index >= 15 is 0 Å². The van der Waals surface area contributed by atoms with Crippen LogP contribution >= 0.6 is 0 Å². The summed E-state index contributed by atoms with van der Waals surface area (Å²) in [4.78, 5) is 0. The van der Waals surface area contributed by atoms with Crippen LogP contribution in [0, 0.1) is 0 Å². The van der Waals surface area contributed by atoms with Gasteiger partial charge in [0.25, 0.3) is 0 Å². The highest BCUT2D eigenvalue weighted by Crippen LogP contribution is 2.23. The maximum Gasteiger partial charge on any atom is 0.0524 e. The molecule has 3 aromatic rings. The molecule has 3 N–H and O–H groups in total. The van der Waals surface area contributed by atoms with Gasteiger partial charge in [0.2, 0.25) is 0 Å². The molecular weight excluding hydrogens is 352 g/mol. The molecule has 0 aliphatic heterocycles. The van der Waals surface area contributed by atoms with Crippen LogP contribution in [0.3, 0.4) is 0 Å². The minimum Gasteiger partial charge on any atom is -0.358 e. The monoisotopic (exact) mass is 384 g/mol.